The molecular formula is C19H22BrN3O2. The van der Waals surface area contributed by atoms with Crippen LogP contribution in [0.5, 0.6) is 0 Å². The van der Waals surface area contributed by atoms with Crippen molar-refractivity contribution < 1.29 is 9.59 Å². The Morgan fingerprint density at radius 1 is 1.08 bits per heavy atom. The van der Waals surface area contributed by atoms with Gasteiger partial charge in [-0.3, -0.25) is 9.59 Å². The first-order valence-corrected chi connectivity index (χ1v) is 8.90. The lowest BCUT2D eigenvalue weighted by atomic mass is 10.1. The Balaban J connectivity index is 1.83. The van der Waals surface area contributed by atoms with Crippen LogP contribution >= 0.6 is 15.9 Å². The van der Waals surface area contributed by atoms with Gasteiger partial charge in [-0.2, -0.15) is 0 Å². The predicted octanol–water partition coefficient (Wildman–Crippen LogP) is 3.52. The van der Waals surface area contributed by atoms with Crippen molar-refractivity contribution in [3.8, 4) is 0 Å². The number of para-hydroxylation sites is 1. The van der Waals surface area contributed by atoms with Crippen molar-refractivity contribution >= 4 is 39.1 Å². The Bertz CT molecular complexity index is 732. The number of benzene rings is 2. The number of hydrogen-bond donors (Lipinski definition) is 2. The van der Waals surface area contributed by atoms with Crippen LogP contribution in [0.25, 0.3) is 0 Å². The lowest BCUT2D eigenvalue weighted by molar-refractivity contribution is -0.131. The molecule has 0 unspecified atom stereocenters. The summed E-state index contributed by atoms with van der Waals surface area (Å²) < 4.78 is 0.977. The molecule has 0 aliphatic heterocycles. The number of carbonyl (C=O) groups is 2. The van der Waals surface area contributed by atoms with Crippen molar-refractivity contribution in [3.63, 3.8) is 0 Å². The molecule has 0 saturated heterocycles. The van der Waals surface area contributed by atoms with Crippen LogP contribution in [-0.4, -0.2) is 36.9 Å². The van der Waals surface area contributed by atoms with Gasteiger partial charge in [0, 0.05) is 22.9 Å². The van der Waals surface area contributed by atoms with E-state index in [0.29, 0.717) is 0 Å². The van der Waals surface area contributed by atoms with Gasteiger partial charge < -0.3 is 15.5 Å². The third-order valence-corrected chi connectivity index (χ3v) is 4.30. The number of anilines is 2. The lowest BCUT2D eigenvalue weighted by Crippen LogP contribution is -2.38. The number of carbonyl (C=O) groups excluding carboxylic acids is 2. The Labute approximate surface area is 156 Å². The van der Waals surface area contributed by atoms with E-state index in [1.54, 1.807) is 7.05 Å². The highest BCUT2D eigenvalue weighted by Crippen LogP contribution is 2.15. The van der Waals surface area contributed by atoms with Crippen LogP contribution in [0.1, 0.15) is 12.5 Å². The molecule has 0 heterocycles. The Kier molecular flexibility index (Phi) is 7.01. The maximum atomic E-state index is 12.2. The molecule has 0 aliphatic rings. The fraction of sp³-hybridized carbons (Fsp3) is 0.263. The van der Waals surface area contributed by atoms with Gasteiger partial charge in [0.05, 0.1) is 13.1 Å². The van der Waals surface area contributed by atoms with Gasteiger partial charge in [0.25, 0.3) is 0 Å². The van der Waals surface area contributed by atoms with Crippen LogP contribution in [-0.2, 0) is 16.0 Å². The summed E-state index contributed by atoms with van der Waals surface area (Å²) in [5.41, 5.74) is 2.72. The first-order chi connectivity index (χ1) is 12.0. The van der Waals surface area contributed by atoms with Crippen LogP contribution in [0.2, 0.25) is 0 Å². The van der Waals surface area contributed by atoms with Gasteiger partial charge in [-0.1, -0.05) is 41.1 Å². The van der Waals surface area contributed by atoms with E-state index in [1.165, 1.54) is 4.90 Å². The van der Waals surface area contributed by atoms with Crippen molar-refractivity contribution in [2.75, 3.05) is 30.8 Å². The van der Waals surface area contributed by atoms with E-state index >= 15 is 0 Å². The molecule has 0 aliphatic carbocycles. The fourth-order valence-corrected chi connectivity index (χ4v) is 2.59. The quantitative estimate of drug-likeness (QED) is 0.743. The van der Waals surface area contributed by atoms with E-state index in [2.05, 4.69) is 26.6 Å². The molecule has 6 heteroatoms. The SMILES string of the molecule is CCc1ccccc1NC(=O)CN(C)C(=O)CNc1ccc(Br)cc1. The number of aryl methyl sites for hydroxylation is 1. The smallest absolute Gasteiger partial charge is 0.243 e. The molecule has 2 aromatic rings. The average Bonchev–Trinajstić information content (AvgIpc) is 2.61. The van der Waals surface area contributed by atoms with Gasteiger partial charge >= 0.3 is 0 Å². The van der Waals surface area contributed by atoms with Gasteiger partial charge in [0.1, 0.15) is 0 Å². The molecule has 0 bridgehead atoms. The van der Waals surface area contributed by atoms with E-state index in [1.807, 2.05) is 55.5 Å². The lowest BCUT2D eigenvalue weighted by Gasteiger charge is -2.18. The molecule has 25 heavy (non-hydrogen) atoms. The summed E-state index contributed by atoms with van der Waals surface area (Å²) in [5, 5.41) is 5.92. The number of nitrogens with one attached hydrogen (secondary N) is 2. The Morgan fingerprint density at radius 3 is 2.44 bits per heavy atom. The third-order valence-electron chi connectivity index (χ3n) is 3.77. The van der Waals surface area contributed by atoms with Gasteiger partial charge in [-0.25, -0.2) is 0 Å². The van der Waals surface area contributed by atoms with Crippen molar-refractivity contribution in [2.45, 2.75) is 13.3 Å². The van der Waals surface area contributed by atoms with Gasteiger partial charge in [0.15, 0.2) is 0 Å². The number of hydrogen-bond acceptors (Lipinski definition) is 3. The molecule has 5 nitrogen and oxygen atoms in total. The van der Waals surface area contributed by atoms with Crippen LogP contribution in [0, 0.1) is 0 Å². The van der Waals surface area contributed by atoms with E-state index < -0.39 is 0 Å². The zero-order valence-electron chi connectivity index (χ0n) is 14.4. The van der Waals surface area contributed by atoms with Crippen LogP contribution in [0.3, 0.4) is 0 Å². The summed E-state index contributed by atoms with van der Waals surface area (Å²) in [6, 6.07) is 15.2. The molecule has 0 radical (unpaired) electrons. The van der Waals surface area contributed by atoms with Crippen molar-refractivity contribution in [2.24, 2.45) is 0 Å². The van der Waals surface area contributed by atoms with E-state index in [9.17, 15) is 9.59 Å². The molecule has 2 rings (SSSR count). The number of rotatable bonds is 7. The monoisotopic (exact) mass is 403 g/mol. The number of halogens is 1. The molecule has 132 valence electrons. The second-order valence-corrected chi connectivity index (χ2v) is 6.58. The zero-order chi connectivity index (χ0) is 18.2. The Morgan fingerprint density at radius 2 is 1.76 bits per heavy atom. The topological polar surface area (TPSA) is 61.4 Å². The highest BCUT2D eigenvalue weighted by Gasteiger charge is 2.13. The highest BCUT2D eigenvalue weighted by atomic mass is 79.9. The number of amides is 2. The first kappa shape index (κ1) is 19.0. The second-order valence-electron chi connectivity index (χ2n) is 5.67. The molecule has 2 N–H and O–H groups in total. The summed E-state index contributed by atoms with van der Waals surface area (Å²) in [7, 11) is 1.62. The van der Waals surface area contributed by atoms with Gasteiger partial charge in [-0.15, -0.1) is 0 Å². The minimum absolute atomic E-state index is 0.0128. The van der Waals surface area contributed by atoms with Crippen molar-refractivity contribution in [1.82, 2.24) is 4.90 Å². The molecule has 0 fully saturated rings. The summed E-state index contributed by atoms with van der Waals surface area (Å²) >= 11 is 3.37. The zero-order valence-corrected chi connectivity index (χ0v) is 16.0. The van der Waals surface area contributed by atoms with Gasteiger partial charge in [-0.05, 0) is 42.3 Å². The summed E-state index contributed by atoms with van der Waals surface area (Å²) in [6.45, 7) is 2.18. The largest absolute Gasteiger partial charge is 0.376 e. The second kappa shape index (κ2) is 9.22. The minimum Gasteiger partial charge on any atom is -0.376 e. The third kappa shape index (κ3) is 5.90. The van der Waals surface area contributed by atoms with Gasteiger partial charge in [0.2, 0.25) is 11.8 Å². The first-order valence-electron chi connectivity index (χ1n) is 8.10. The normalized spacial score (nSPS) is 10.2. The maximum absolute atomic E-state index is 12.2. The molecule has 0 atom stereocenters. The van der Waals surface area contributed by atoms with Crippen LogP contribution < -0.4 is 10.6 Å². The predicted molar refractivity (Wildman–Crippen MR) is 105 cm³/mol. The van der Waals surface area contributed by atoms with Crippen molar-refractivity contribution in [3.05, 3.63) is 58.6 Å². The van der Waals surface area contributed by atoms with E-state index in [4.69, 9.17) is 0 Å². The van der Waals surface area contributed by atoms with Crippen LogP contribution in [0.15, 0.2) is 53.0 Å². The molecule has 2 aromatic carbocycles. The summed E-state index contributed by atoms with van der Waals surface area (Å²) in [6.07, 6.45) is 0.836. The summed E-state index contributed by atoms with van der Waals surface area (Å²) in [4.78, 5) is 25.8. The minimum atomic E-state index is -0.208. The highest BCUT2D eigenvalue weighted by molar-refractivity contribution is 9.10. The summed E-state index contributed by atoms with van der Waals surface area (Å²) in [5.74, 6) is -0.359. The standard InChI is InChI=1S/C19H22BrN3O2/c1-3-14-6-4-5-7-17(14)22-18(24)13-23(2)19(25)12-21-16-10-8-15(20)9-11-16/h4-11,21H,3,12-13H2,1-2H3,(H,22,24). The number of likely N-dealkylation sites (N-methyl/N-ethyl adjacent to an activating group) is 1. The molecule has 0 saturated carbocycles. The Hall–Kier alpha value is -2.34. The van der Waals surface area contributed by atoms with E-state index in [-0.39, 0.29) is 24.9 Å². The average molecular weight is 404 g/mol. The molecular weight excluding hydrogens is 382 g/mol. The molecule has 0 spiro atoms. The fourth-order valence-electron chi connectivity index (χ4n) is 2.32. The molecule has 0 aromatic heterocycles. The van der Waals surface area contributed by atoms with Crippen LogP contribution in [0.4, 0.5) is 11.4 Å². The maximum Gasteiger partial charge on any atom is 0.243 e. The number of nitrogens with zero attached hydrogens (tertiary/aromatic N) is 1. The van der Waals surface area contributed by atoms with Crippen molar-refractivity contribution in [1.29, 1.82) is 0 Å². The molecule has 2 amide bonds. The van der Waals surface area contributed by atoms with E-state index in [0.717, 1.165) is 27.8 Å².